The van der Waals surface area contributed by atoms with E-state index in [1.165, 1.54) is 36.3 Å². The number of methoxy groups -OCH3 is 1. The molecule has 4 rings (SSSR count). The summed E-state index contributed by atoms with van der Waals surface area (Å²) in [6.45, 7) is 1.82. The number of anilines is 1. The maximum atomic E-state index is 13.3. The first-order valence-corrected chi connectivity index (χ1v) is 13.4. The number of nitrogens with zero attached hydrogens (tertiary/aromatic N) is 2. The summed E-state index contributed by atoms with van der Waals surface area (Å²) in [6, 6.07) is 14.8. The van der Waals surface area contributed by atoms with E-state index in [2.05, 4.69) is 5.32 Å². The number of rotatable bonds is 9. The Bertz CT molecular complexity index is 1630. The molecule has 0 radical (unpaired) electrons. The highest BCUT2D eigenvalue weighted by Crippen LogP contribution is 2.33. The number of hydrogen-bond acceptors (Lipinski definition) is 10. The molecule has 40 heavy (non-hydrogen) atoms. The molecule has 1 aliphatic heterocycles. The van der Waals surface area contributed by atoms with Crippen molar-refractivity contribution in [3.8, 4) is 17.2 Å². The number of hydrogen-bond donors (Lipinski definition) is 1. The molecule has 1 N–H and O–H groups in total. The average molecular weight is 584 g/mol. The lowest BCUT2D eigenvalue weighted by atomic mass is 10.1. The second-order valence-corrected chi connectivity index (χ2v) is 10.0. The summed E-state index contributed by atoms with van der Waals surface area (Å²) in [4.78, 5) is 37.0. The summed E-state index contributed by atoms with van der Waals surface area (Å²) in [7, 11) is -2.86. The minimum absolute atomic E-state index is 0.0218. The van der Waals surface area contributed by atoms with Gasteiger partial charge < -0.3 is 13.7 Å². The van der Waals surface area contributed by atoms with Crippen molar-refractivity contribution in [1.29, 1.82) is 0 Å². The van der Waals surface area contributed by atoms with E-state index in [9.17, 15) is 28.1 Å². The molecule has 1 aliphatic rings. The molecule has 0 bridgehead atoms. The molecule has 2 amide bonds. The maximum absolute atomic E-state index is 13.3. The van der Waals surface area contributed by atoms with Gasteiger partial charge in [0.05, 0.1) is 24.3 Å². The fourth-order valence-electron chi connectivity index (χ4n) is 3.64. The summed E-state index contributed by atoms with van der Waals surface area (Å²) >= 11 is 5.21. The van der Waals surface area contributed by atoms with Gasteiger partial charge in [-0.15, -0.1) is 0 Å². The molecule has 0 atom stereocenters. The third-order valence-corrected chi connectivity index (χ3v) is 7.08. The molecule has 1 fully saturated rings. The highest BCUT2D eigenvalue weighted by molar-refractivity contribution is 7.87. The topological polar surface area (TPSA) is 154 Å². The lowest BCUT2D eigenvalue weighted by Crippen LogP contribution is -2.54. The van der Waals surface area contributed by atoms with Crippen LogP contribution in [0.15, 0.2) is 77.2 Å². The van der Waals surface area contributed by atoms with Crippen molar-refractivity contribution < 1.29 is 36.6 Å². The first-order valence-electron chi connectivity index (χ1n) is 11.6. The maximum Gasteiger partial charge on any atom is 0.339 e. The van der Waals surface area contributed by atoms with Gasteiger partial charge in [0.2, 0.25) is 0 Å². The van der Waals surface area contributed by atoms with Crippen molar-refractivity contribution in [1.82, 2.24) is 5.32 Å². The fourth-order valence-corrected chi connectivity index (χ4v) is 4.86. The van der Waals surface area contributed by atoms with Crippen molar-refractivity contribution in [3.05, 3.63) is 88.0 Å². The number of non-ortho nitro benzene ring substituents is 1. The molecule has 0 saturated carbocycles. The van der Waals surface area contributed by atoms with Gasteiger partial charge in [-0.25, -0.2) is 0 Å². The quantitative estimate of drug-likeness (QED) is 0.0987. The third kappa shape index (κ3) is 5.92. The van der Waals surface area contributed by atoms with E-state index in [1.807, 2.05) is 0 Å². The number of benzene rings is 3. The standard InChI is InChI=1S/C26H21N3O9S2/c1-3-37-23-15-16(4-13-22(23)38-40(34,35)20-11-7-18(8-12-20)29(32)33)14-21-24(30)27-26(39)28(25(21)31)17-5-9-19(36-2)10-6-17/h4-15H,3H2,1-2H3,(H,27,30,39)/b21-14-. The second kappa shape index (κ2) is 11.5. The number of carbonyl (C=O) groups excluding carboxylic acids is 2. The van der Waals surface area contributed by atoms with Gasteiger partial charge in [0.1, 0.15) is 16.2 Å². The van der Waals surface area contributed by atoms with Gasteiger partial charge in [-0.3, -0.25) is 29.9 Å². The van der Waals surface area contributed by atoms with E-state index in [0.717, 1.165) is 24.3 Å². The van der Waals surface area contributed by atoms with Gasteiger partial charge in [0, 0.05) is 12.1 Å². The zero-order valence-corrected chi connectivity index (χ0v) is 22.7. The lowest BCUT2D eigenvalue weighted by Gasteiger charge is -2.29. The van der Waals surface area contributed by atoms with E-state index in [0.29, 0.717) is 17.0 Å². The predicted octanol–water partition coefficient (Wildman–Crippen LogP) is 3.60. The van der Waals surface area contributed by atoms with Crippen LogP contribution in [0.1, 0.15) is 12.5 Å². The summed E-state index contributed by atoms with van der Waals surface area (Å²) in [5.41, 5.74) is 0.249. The Labute approximate surface area is 234 Å². The van der Waals surface area contributed by atoms with E-state index in [1.54, 1.807) is 31.2 Å². The van der Waals surface area contributed by atoms with Gasteiger partial charge in [0.25, 0.3) is 17.5 Å². The normalized spacial score (nSPS) is 14.6. The number of carbonyl (C=O) groups is 2. The monoisotopic (exact) mass is 583 g/mol. The lowest BCUT2D eigenvalue weighted by molar-refractivity contribution is -0.384. The van der Waals surface area contributed by atoms with Crippen LogP contribution in [-0.4, -0.2) is 44.0 Å². The van der Waals surface area contributed by atoms with Gasteiger partial charge >= 0.3 is 10.1 Å². The third-order valence-electron chi connectivity index (χ3n) is 5.55. The Morgan fingerprint density at radius 1 is 1.02 bits per heavy atom. The molecule has 14 heteroatoms. The van der Waals surface area contributed by atoms with Crippen molar-refractivity contribution in [2.45, 2.75) is 11.8 Å². The molecular formula is C26H21N3O9S2. The van der Waals surface area contributed by atoms with Crippen LogP contribution in [0.5, 0.6) is 17.2 Å². The number of nitrogens with one attached hydrogen (secondary N) is 1. The Morgan fingerprint density at radius 2 is 1.70 bits per heavy atom. The van der Waals surface area contributed by atoms with Crippen LogP contribution >= 0.6 is 12.2 Å². The summed E-state index contributed by atoms with van der Waals surface area (Å²) in [5, 5.41) is 13.3. The minimum Gasteiger partial charge on any atom is -0.497 e. The van der Waals surface area contributed by atoms with Crippen LogP contribution in [0.2, 0.25) is 0 Å². The van der Waals surface area contributed by atoms with Gasteiger partial charge in [0.15, 0.2) is 16.6 Å². The predicted molar refractivity (Wildman–Crippen MR) is 148 cm³/mol. The zero-order valence-electron chi connectivity index (χ0n) is 21.0. The molecule has 0 aliphatic carbocycles. The smallest absolute Gasteiger partial charge is 0.339 e. The van der Waals surface area contributed by atoms with Crippen LogP contribution < -0.4 is 23.9 Å². The molecular weight excluding hydrogens is 562 g/mol. The van der Waals surface area contributed by atoms with E-state index >= 15 is 0 Å². The van der Waals surface area contributed by atoms with Crippen molar-refractivity contribution >= 4 is 56.7 Å². The van der Waals surface area contributed by atoms with E-state index < -0.39 is 26.9 Å². The fraction of sp³-hybridized carbons (Fsp3) is 0.115. The highest BCUT2D eigenvalue weighted by atomic mass is 32.2. The van der Waals surface area contributed by atoms with Gasteiger partial charge in [-0.1, -0.05) is 6.07 Å². The molecule has 0 spiro atoms. The molecule has 206 valence electrons. The summed E-state index contributed by atoms with van der Waals surface area (Å²) in [5.74, 6) is -0.951. The number of nitro benzene ring substituents is 1. The first-order chi connectivity index (χ1) is 19.0. The number of ether oxygens (including phenoxy) is 2. The van der Waals surface area contributed by atoms with Crippen molar-refractivity contribution in [2.75, 3.05) is 18.6 Å². The minimum atomic E-state index is -4.37. The zero-order chi connectivity index (χ0) is 29.0. The van der Waals surface area contributed by atoms with Crippen molar-refractivity contribution in [2.24, 2.45) is 0 Å². The van der Waals surface area contributed by atoms with Crippen LogP contribution in [0.3, 0.4) is 0 Å². The van der Waals surface area contributed by atoms with Gasteiger partial charge in [-0.2, -0.15) is 8.42 Å². The van der Waals surface area contributed by atoms with Gasteiger partial charge in [-0.05, 0) is 79.3 Å². The van der Waals surface area contributed by atoms with Crippen LogP contribution in [-0.2, 0) is 19.7 Å². The number of nitro groups is 1. The van der Waals surface area contributed by atoms with E-state index in [4.69, 9.17) is 25.9 Å². The van der Waals surface area contributed by atoms with Crippen LogP contribution in [0, 0.1) is 10.1 Å². The molecule has 3 aromatic rings. The highest BCUT2D eigenvalue weighted by Gasteiger charge is 2.34. The van der Waals surface area contributed by atoms with Crippen LogP contribution in [0.4, 0.5) is 11.4 Å². The average Bonchev–Trinajstić information content (AvgIpc) is 2.92. The Hall–Kier alpha value is -4.82. The summed E-state index contributed by atoms with van der Waals surface area (Å²) in [6.07, 6.45) is 1.31. The first kappa shape index (κ1) is 28.2. The second-order valence-electron chi connectivity index (χ2n) is 8.08. The summed E-state index contributed by atoms with van der Waals surface area (Å²) < 4.78 is 41.5. The number of amides is 2. The molecule has 1 heterocycles. The molecule has 12 nitrogen and oxygen atoms in total. The number of thiocarbonyl (C=S) groups is 1. The van der Waals surface area contributed by atoms with Crippen LogP contribution in [0.25, 0.3) is 6.08 Å². The Balaban J connectivity index is 1.64. The molecule has 1 saturated heterocycles. The molecule has 0 aromatic heterocycles. The molecule has 3 aromatic carbocycles. The SMILES string of the molecule is CCOc1cc(/C=C2/C(=O)NC(=S)N(c3ccc(OC)cc3)C2=O)ccc1OS(=O)(=O)c1ccc([N+](=O)[O-])cc1. The van der Waals surface area contributed by atoms with E-state index in [-0.39, 0.29) is 39.4 Å². The molecule has 0 unspecified atom stereocenters. The largest absolute Gasteiger partial charge is 0.497 e. The Morgan fingerprint density at radius 3 is 2.30 bits per heavy atom. The Kier molecular flexibility index (Phi) is 8.11. The van der Waals surface area contributed by atoms with Crippen molar-refractivity contribution in [3.63, 3.8) is 0 Å².